The number of aliphatic hydroxyl groups is 2. The fourth-order valence-corrected chi connectivity index (χ4v) is 4.46. The molecular weight excluding hydrogens is 545 g/mol. The number of hydrogen-bond acceptors (Lipinski definition) is 11. The Morgan fingerprint density at radius 2 is 1.62 bits per heavy atom. The minimum atomic E-state index is -4.47. The predicted molar refractivity (Wildman–Crippen MR) is 127 cm³/mol. The highest BCUT2D eigenvalue weighted by atomic mass is 19.4. The maximum absolute atomic E-state index is 13.0. The molecule has 2 saturated heterocycles. The second kappa shape index (κ2) is 10.9. The van der Waals surface area contributed by atoms with E-state index in [0.717, 1.165) is 6.92 Å². The van der Waals surface area contributed by atoms with E-state index in [1.165, 1.54) is 6.07 Å². The third-order valence-corrected chi connectivity index (χ3v) is 6.58. The molecule has 0 spiro atoms. The second-order valence-corrected chi connectivity index (χ2v) is 9.43. The number of carbonyl (C=O) groups excluding carboxylic acids is 4. The van der Waals surface area contributed by atoms with Crippen LogP contribution in [0.5, 0.6) is 5.75 Å². The number of ether oxygens (including phenoxy) is 2. The summed E-state index contributed by atoms with van der Waals surface area (Å²) in [6.07, 6.45) is -3.00. The average Bonchev–Trinajstić information content (AvgIpc) is 2.90. The highest BCUT2D eigenvalue weighted by Crippen LogP contribution is 2.37. The summed E-state index contributed by atoms with van der Waals surface area (Å²) < 4.78 is 47.5. The van der Waals surface area contributed by atoms with E-state index in [2.05, 4.69) is 0 Å². The first-order chi connectivity index (χ1) is 18.7. The summed E-state index contributed by atoms with van der Waals surface area (Å²) in [7, 11) is 0. The number of urea groups is 1. The first kappa shape index (κ1) is 29.1. The summed E-state index contributed by atoms with van der Waals surface area (Å²) in [5.74, 6) is -6.98. The number of fused-ring (bicyclic) bond motifs is 1. The smallest absolute Gasteiger partial charge is 0.422 e. The van der Waals surface area contributed by atoms with Crippen molar-refractivity contribution >= 4 is 29.6 Å². The molecule has 13 nitrogen and oxygen atoms in total. The number of hydroxylamine groups is 2. The van der Waals surface area contributed by atoms with Gasteiger partial charge in [0.25, 0.3) is 5.91 Å². The SMILES string of the molecule is CC1(O)C(=O)N(CCCN2CCN(c3ccccc3OCC(F)(F)F)CC2)C(=O)N2OC(=O)/C=C/C(=O)OC21O. The molecule has 2 N–H and O–H groups in total. The van der Waals surface area contributed by atoms with Crippen molar-refractivity contribution in [2.45, 2.75) is 31.0 Å². The van der Waals surface area contributed by atoms with Gasteiger partial charge in [0.2, 0.25) is 5.60 Å². The lowest BCUT2D eigenvalue weighted by Gasteiger charge is -2.49. The molecule has 3 aliphatic rings. The lowest BCUT2D eigenvalue weighted by molar-refractivity contribution is -0.394. The van der Waals surface area contributed by atoms with Gasteiger partial charge in [-0.1, -0.05) is 17.2 Å². The number of esters is 1. The monoisotopic (exact) mass is 572 g/mol. The van der Waals surface area contributed by atoms with Gasteiger partial charge in [-0.15, -0.1) is 0 Å². The van der Waals surface area contributed by atoms with Crippen molar-refractivity contribution in [2.24, 2.45) is 0 Å². The van der Waals surface area contributed by atoms with Crippen LogP contribution in [0.4, 0.5) is 23.7 Å². The van der Waals surface area contributed by atoms with Crippen molar-refractivity contribution in [3.63, 3.8) is 0 Å². The summed E-state index contributed by atoms with van der Waals surface area (Å²) in [5, 5.41) is 21.5. The maximum atomic E-state index is 13.0. The van der Waals surface area contributed by atoms with Crippen LogP contribution in [0, 0.1) is 0 Å². The van der Waals surface area contributed by atoms with Crippen LogP contribution < -0.4 is 9.64 Å². The number of amides is 3. The van der Waals surface area contributed by atoms with E-state index >= 15 is 0 Å². The molecule has 40 heavy (non-hydrogen) atoms. The van der Waals surface area contributed by atoms with Crippen LogP contribution in [-0.2, 0) is 24.0 Å². The van der Waals surface area contributed by atoms with E-state index in [4.69, 9.17) is 14.3 Å². The molecule has 0 aliphatic carbocycles. The minimum Gasteiger partial charge on any atom is -0.482 e. The Labute approximate surface area is 225 Å². The number of para-hydroxylation sites is 2. The van der Waals surface area contributed by atoms with E-state index in [1.54, 1.807) is 18.2 Å². The average molecular weight is 572 g/mol. The molecule has 3 amide bonds. The van der Waals surface area contributed by atoms with Crippen LogP contribution in [0.1, 0.15) is 13.3 Å². The zero-order valence-electron chi connectivity index (χ0n) is 21.3. The Hall–Kier alpha value is -3.89. The summed E-state index contributed by atoms with van der Waals surface area (Å²) in [4.78, 5) is 58.9. The van der Waals surface area contributed by atoms with Crippen molar-refractivity contribution in [1.82, 2.24) is 14.9 Å². The van der Waals surface area contributed by atoms with Gasteiger partial charge in [-0.05, 0) is 32.0 Å². The van der Waals surface area contributed by atoms with Crippen molar-refractivity contribution in [2.75, 3.05) is 50.8 Å². The fourth-order valence-electron chi connectivity index (χ4n) is 4.46. The first-order valence-electron chi connectivity index (χ1n) is 12.2. The number of piperazine rings is 1. The summed E-state index contributed by atoms with van der Waals surface area (Å²) in [6, 6.07) is 5.10. The first-order valence-corrected chi connectivity index (χ1v) is 12.2. The molecule has 4 rings (SSSR count). The molecule has 1 aromatic carbocycles. The van der Waals surface area contributed by atoms with Gasteiger partial charge in [0.05, 0.1) is 5.69 Å². The lowest BCUT2D eigenvalue weighted by atomic mass is 9.96. The van der Waals surface area contributed by atoms with E-state index in [9.17, 15) is 42.6 Å². The Morgan fingerprint density at radius 1 is 0.975 bits per heavy atom. The van der Waals surface area contributed by atoms with Crippen molar-refractivity contribution in [3.05, 3.63) is 36.4 Å². The highest BCUT2D eigenvalue weighted by molar-refractivity contribution is 6.03. The lowest BCUT2D eigenvalue weighted by Crippen LogP contribution is -2.78. The quantitative estimate of drug-likeness (QED) is 0.437. The molecule has 1 aromatic rings. The molecule has 0 radical (unpaired) electrons. The Bertz CT molecular complexity index is 1200. The molecule has 3 heterocycles. The standard InChI is InChI=1S/C24H27F3N4O9/c1-22(36)20(34)30(21(35)31-24(22,37)39-18(32)7-8-19(33)40-31)10-4-9-28-11-13-29(14-12-28)16-5-2-3-6-17(16)38-15-23(25,26)27/h2-3,5-8,36-37H,4,9-15H2,1H3/b8-7+. The number of hydrogen-bond donors (Lipinski definition) is 2. The van der Waals surface area contributed by atoms with E-state index in [1.807, 2.05) is 9.80 Å². The van der Waals surface area contributed by atoms with Gasteiger partial charge in [-0.25, -0.2) is 14.4 Å². The van der Waals surface area contributed by atoms with Gasteiger partial charge in [0, 0.05) is 44.9 Å². The number of alkyl halides is 3. The number of imide groups is 1. The summed E-state index contributed by atoms with van der Waals surface area (Å²) >= 11 is 0. The zero-order chi connectivity index (χ0) is 29.3. The van der Waals surface area contributed by atoms with E-state index in [-0.39, 0.29) is 23.8 Å². The molecule has 2 atom stereocenters. The molecule has 3 aliphatic heterocycles. The minimum absolute atomic E-state index is 0.0464. The van der Waals surface area contributed by atoms with Crippen LogP contribution in [0.15, 0.2) is 36.4 Å². The van der Waals surface area contributed by atoms with E-state index in [0.29, 0.717) is 55.5 Å². The molecular formula is C24H27F3N4O9. The third-order valence-electron chi connectivity index (χ3n) is 6.58. The van der Waals surface area contributed by atoms with Gasteiger partial charge < -0.3 is 29.4 Å². The molecule has 218 valence electrons. The predicted octanol–water partition coefficient (Wildman–Crippen LogP) is 0.372. The van der Waals surface area contributed by atoms with Crippen molar-refractivity contribution in [3.8, 4) is 5.75 Å². The third kappa shape index (κ3) is 5.83. The Morgan fingerprint density at radius 3 is 2.30 bits per heavy atom. The fraction of sp³-hybridized carbons (Fsp3) is 0.500. The van der Waals surface area contributed by atoms with Crippen LogP contribution in [-0.4, -0.2) is 113 Å². The summed E-state index contributed by atoms with van der Waals surface area (Å²) in [6.45, 7) is 1.52. The number of carbonyl (C=O) groups is 4. The number of nitrogens with zero attached hydrogens (tertiary/aromatic N) is 4. The number of rotatable bonds is 7. The number of halogens is 3. The van der Waals surface area contributed by atoms with Gasteiger partial charge >= 0.3 is 30.1 Å². The van der Waals surface area contributed by atoms with Crippen molar-refractivity contribution < 1.29 is 56.9 Å². The molecule has 16 heteroatoms. The highest BCUT2D eigenvalue weighted by Gasteiger charge is 2.69. The molecule has 0 bridgehead atoms. The van der Waals surface area contributed by atoms with Crippen LogP contribution in [0.25, 0.3) is 0 Å². The van der Waals surface area contributed by atoms with Gasteiger partial charge in [-0.3, -0.25) is 14.6 Å². The maximum Gasteiger partial charge on any atom is 0.422 e. The van der Waals surface area contributed by atoms with Crippen molar-refractivity contribution in [1.29, 1.82) is 0 Å². The Balaban J connectivity index is 1.35. The number of anilines is 1. The number of benzene rings is 1. The summed E-state index contributed by atoms with van der Waals surface area (Å²) in [5.41, 5.74) is -2.35. The van der Waals surface area contributed by atoms with Gasteiger partial charge in [-0.2, -0.15) is 13.2 Å². The largest absolute Gasteiger partial charge is 0.482 e. The second-order valence-electron chi connectivity index (χ2n) is 9.43. The topological polar surface area (TPSA) is 149 Å². The molecule has 2 fully saturated rings. The molecule has 0 saturated carbocycles. The van der Waals surface area contributed by atoms with Crippen LogP contribution in [0.3, 0.4) is 0 Å². The molecule has 2 unspecified atom stereocenters. The normalized spacial score (nSPS) is 27.0. The van der Waals surface area contributed by atoms with Gasteiger partial charge in [0.15, 0.2) is 6.61 Å². The Kier molecular flexibility index (Phi) is 7.96. The van der Waals surface area contributed by atoms with Gasteiger partial charge in [0.1, 0.15) is 5.75 Å². The zero-order valence-corrected chi connectivity index (χ0v) is 21.3. The van der Waals surface area contributed by atoms with Crippen LogP contribution >= 0.6 is 0 Å². The molecule has 0 aromatic heterocycles. The van der Waals surface area contributed by atoms with Crippen LogP contribution in [0.2, 0.25) is 0 Å². The van der Waals surface area contributed by atoms with E-state index < -0.39 is 48.2 Å².